The third kappa shape index (κ3) is 10.3. The second-order valence-electron chi connectivity index (χ2n) is 7.82. The molecule has 172 valence electrons. The molecule has 1 heterocycles. The average molecular weight is 532 g/mol. The van der Waals surface area contributed by atoms with E-state index in [2.05, 4.69) is 54.2 Å². The zero-order chi connectivity index (χ0) is 20.9. The third-order valence-electron chi connectivity index (χ3n) is 5.38. The number of hydrogen-bond donors (Lipinski definition) is 2. The van der Waals surface area contributed by atoms with Crippen molar-refractivity contribution in [2.24, 2.45) is 4.99 Å². The van der Waals surface area contributed by atoms with E-state index in [1.807, 2.05) is 18.2 Å². The molecule has 2 rings (SSSR count). The number of ether oxygens (including phenoxy) is 1. The Labute approximate surface area is 200 Å². The lowest BCUT2D eigenvalue weighted by Crippen LogP contribution is -2.46. The molecule has 2 N–H and O–H groups in total. The number of hydrogen-bond acceptors (Lipinski definition) is 4. The molecule has 0 radical (unpaired) electrons. The van der Waals surface area contributed by atoms with Crippen LogP contribution in [-0.4, -0.2) is 80.8 Å². The van der Waals surface area contributed by atoms with Gasteiger partial charge >= 0.3 is 0 Å². The smallest absolute Gasteiger partial charge is 0.191 e. The first-order valence-electron chi connectivity index (χ1n) is 11.3. The van der Waals surface area contributed by atoms with Crippen LogP contribution in [0.3, 0.4) is 0 Å². The van der Waals surface area contributed by atoms with E-state index in [1.165, 1.54) is 45.7 Å². The molecule has 0 spiro atoms. The summed E-state index contributed by atoms with van der Waals surface area (Å²) in [5.74, 6) is 1.82. The molecule has 7 heteroatoms. The summed E-state index contributed by atoms with van der Waals surface area (Å²) in [5.41, 5.74) is 1.16. The average Bonchev–Trinajstić information content (AvgIpc) is 2.74. The molecule has 1 aromatic rings. The van der Waals surface area contributed by atoms with Crippen LogP contribution in [0, 0.1) is 6.92 Å². The maximum atomic E-state index is 6.03. The molecule has 1 aromatic carbocycles. The van der Waals surface area contributed by atoms with Crippen LogP contribution in [0.25, 0.3) is 0 Å². The Morgan fingerprint density at radius 2 is 1.77 bits per heavy atom. The highest BCUT2D eigenvalue weighted by atomic mass is 127. The van der Waals surface area contributed by atoms with E-state index in [4.69, 9.17) is 9.73 Å². The number of nitrogens with one attached hydrogen (secondary N) is 2. The second kappa shape index (κ2) is 15.7. The molecule has 1 unspecified atom stereocenters. The standard InChI is InChI=1S/C23H41N5O.HI/c1-5-24-23(26-19-21(4)29-22-12-8-7-11-20(22)3)25-13-9-10-14-28-17-15-27(6-2)16-18-28;/h7-8,11-12,21H,5-6,9-10,13-19H2,1-4H3,(H2,24,25,26);1H. The number of guanidine groups is 1. The molecule has 0 aliphatic carbocycles. The van der Waals surface area contributed by atoms with Gasteiger partial charge in [0, 0.05) is 39.3 Å². The first kappa shape index (κ1) is 27.0. The van der Waals surface area contributed by atoms with Crippen molar-refractivity contribution in [3.05, 3.63) is 29.8 Å². The Kier molecular flexibility index (Phi) is 14.1. The summed E-state index contributed by atoms with van der Waals surface area (Å²) in [6.07, 6.45) is 2.42. The number of piperazine rings is 1. The molecule has 1 fully saturated rings. The summed E-state index contributed by atoms with van der Waals surface area (Å²) in [7, 11) is 0. The van der Waals surface area contributed by atoms with Gasteiger partial charge in [-0.2, -0.15) is 0 Å². The van der Waals surface area contributed by atoms with Crippen molar-refractivity contribution in [2.75, 3.05) is 58.9 Å². The minimum Gasteiger partial charge on any atom is -0.489 e. The quantitative estimate of drug-likeness (QED) is 0.199. The second-order valence-corrected chi connectivity index (χ2v) is 7.82. The lowest BCUT2D eigenvalue weighted by Gasteiger charge is -2.34. The Hall–Kier alpha value is -1.06. The third-order valence-corrected chi connectivity index (χ3v) is 5.38. The minimum atomic E-state index is 0. The summed E-state index contributed by atoms with van der Waals surface area (Å²) in [5, 5.41) is 6.79. The number of likely N-dealkylation sites (N-methyl/N-ethyl adjacent to an activating group) is 1. The highest BCUT2D eigenvalue weighted by Crippen LogP contribution is 2.17. The van der Waals surface area contributed by atoms with E-state index in [9.17, 15) is 0 Å². The number of rotatable bonds is 11. The van der Waals surface area contributed by atoms with Crippen LogP contribution >= 0.6 is 24.0 Å². The van der Waals surface area contributed by atoms with Gasteiger partial charge in [-0.25, -0.2) is 4.99 Å². The molecule has 1 aliphatic rings. The van der Waals surface area contributed by atoms with Crippen LogP contribution in [0.1, 0.15) is 39.2 Å². The molecule has 30 heavy (non-hydrogen) atoms. The fourth-order valence-corrected chi connectivity index (χ4v) is 3.50. The van der Waals surface area contributed by atoms with Gasteiger partial charge in [0.2, 0.25) is 0 Å². The molecule has 1 atom stereocenters. The largest absolute Gasteiger partial charge is 0.489 e. The lowest BCUT2D eigenvalue weighted by molar-refractivity contribution is 0.136. The van der Waals surface area contributed by atoms with Crippen LogP contribution in [0.2, 0.25) is 0 Å². The Morgan fingerprint density at radius 3 is 2.43 bits per heavy atom. The van der Waals surface area contributed by atoms with Gasteiger partial charge in [0.1, 0.15) is 11.9 Å². The molecular weight excluding hydrogens is 489 g/mol. The van der Waals surface area contributed by atoms with Crippen molar-refractivity contribution < 1.29 is 4.74 Å². The van der Waals surface area contributed by atoms with Gasteiger partial charge in [-0.1, -0.05) is 25.1 Å². The molecule has 1 aliphatic heterocycles. The van der Waals surface area contributed by atoms with E-state index in [0.29, 0.717) is 6.54 Å². The van der Waals surface area contributed by atoms with Crippen molar-refractivity contribution in [3.63, 3.8) is 0 Å². The molecule has 6 nitrogen and oxygen atoms in total. The fraction of sp³-hybridized carbons (Fsp3) is 0.696. The monoisotopic (exact) mass is 531 g/mol. The van der Waals surface area contributed by atoms with Gasteiger partial charge < -0.3 is 25.2 Å². The SMILES string of the molecule is CCNC(=NCC(C)Oc1ccccc1C)NCCCCN1CCN(CC)CC1.I. The van der Waals surface area contributed by atoms with Gasteiger partial charge in [0.15, 0.2) is 5.96 Å². The normalized spacial score (nSPS) is 16.6. The molecule has 1 saturated heterocycles. The van der Waals surface area contributed by atoms with Crippen molar-refractivity contribution in [2.45, 2.75) is 46.6 Å². The van der Waals surface area contributed by atoms with Crippen LogP contribution in [0.5, 0.6) is 5.75 Å². The number of benzene rings is 1. The number of halogens is 1. The molecule has 0 bridgehead atoms. The lowest BCUT2D eigenvalue weighted by atomic mass is 10.2. The van der Waals surface area contributed by atoms with Crippen molar-refractivity contribution in [1.29, 1.82) is 0 Å². The maximum absolute atomic E-state index is 6.03. The van der Waals surface area contributed by atoms with E-state index in [-0.39, 0.29) is 30.1 Å². The summed E-state index contributed by atoms with van der Waals surface area (Å²) < 4.78 is 6.03. The highest BCUT2D eigenvalue weighted by Gasteiger charge is 2.14. The van der Waals surface area contributed by atoms with E-state index < -0.39 is 0 Å². The highest BCUT2D eigenvalue weighted by molar-refractivity contribution is 14.0. The van der Waals surface area contributed by atoms with Crippen molar-refractivity contribution in [1.82, 2.24) is 20.4 Å². The summed E-state index contributed by atoms with van der Waals surface area (Å²) in [6, 6.07) is 8.12. The van der Waals surface area contributed by atoms with Gasteiger partial charge in [-0.15, -0.1) is 24.0 Å². The van der Waals surface area contributed by atoms with Crippen molar-refractivity contribution >= 4 is 29.9 Å². The van der Waals surface area contributed by atoms with Crippen LogP contribution < -0.4 is 15.4 Å². The maximum Gasteiger partial charge on any atom is 0.191 e. The molecular formula is C23H42IN5O. The van der Waals surface area contributed by atoms with Crippen LogP contribution in [0.4, 0.5) is 0 Å². The van der Waals surface area contributed by atoms with Gasteiger partial charge in [-0.05, 0) is 58.3 Å². The first-order chi connectivity index (χ1) is 14.1. The fourth-order valence-electron chi connectivity index (χ4n) is 3.50. The van der Waals surface area contributed by atoms with Gasteiger partial charge in [0.05, 0.1) is 6.54 Å². The predicted molar refractivity (Wildman–Crippen MR) is 138 cm³/mol. The summed E-state index contributed by atoms with van der Waals surface area (Å²) >= 11 is 0. The van der Waals surface area contributed by atoms with Crippen molar-refractivity contribution in [3.8, 4) is 5.75 Å². The number of para-hydroxylation sites is 1. The Balaban J connectivity index is 0.00000450. The van der Waals surface area contributed by atoms with E-state index >= 15 is 0 Å². The van der Waals surface area contributed by atoms with Gasteiger partial charge in [0.25, 0.3) is 0 Å². The van der Waals surface area contributed by atoms with E-state index in [1.54, 1.807) is 0 Å². The minimum absolute atomic E-state index is 0. The molecule has 0 aromatic heterocycles. The van der Waals surface area contributed by atoms with Gasteiger partial charge in [-0.3, -0.25) is 0 Å². The first-order valence-corrected chi connectivity index (χ1v) is 11.3. The number of aryl methyl sites for hydroxylation is 1. The Morgan fingerprint density at radius 1 is 1.07 bits per heavy atom. The number of unbranched alkanes of at least 4 members (excludes halogenated alkanes) is 1. The molecule has 0 saturated carbocycles. The summed E-state index contributed by atoms with van der Waals surface area (Å²) in [4.78, 5) is 9.82. The topological polar surface area (TPSA) is 52.1 Å². The number of aliphatic imine (C=N–C) groups is 1. The summed E-state index contributed by atoms with van der Waals surface area (Å²) in [6.45, 7) is 18.2. The molecule has 0 amide bonds. The number of nitrogens with zero attached hydrogens (tertiary/aromatic N) is 3. The zero-order valence-corrected chi connectivity index (χ0v) is 21.7. The Bertz CT molecular complexity index is 605. The van der Waals surface area contributed by atoms with E-state index in [0.717, 1.165) is 36.8 Å². The van der Waals surface area contributed by atoms with Crippen LogP contribution in [-0.2, 0) is 0 Å². The predicted octanol–water partition coefficient (Wildman–Crippen LogP) is 3.35. The van der Waals surface area contributed by atoms with Crippen LogP contribution in [0.15, 0.2) is 29.3 Å². The zero-order valence-electron chi connectivity index (χ0n) is 19.3.